The molecule has 0 unspecified atom stereocenters. The summed E-state index contributed by atoms with van der Waals surface area (Å²) in [7, 11) is 0. The van der Waals surface area contributed by atoms with Crippen LogP contribution in [0.15, 0.2) is 54.9 Å². The summed E-state index contributed by atoms with van der Waals surface area (Å²) in [6, 6.07) is 13.4. The number of para-hydroxylation sites is 2. The molecule has 0 fully saturated rings. The van der Waals surface area contributed by atoms with E-state index >= 15 is 0 Å². The molecule has 0 saturated carbocycles. The second-order valence-electron chi connectivity index (χ2n) is 5.71. The van der Waals surface area contributed by atoms with Gasteiger partial charge in [-0.3, -0.25) is 9.20 Å². The van der Waals surface area contributed by atoms with Gasteiger partial charge in [0.1, 0.15) is 0 Å². The molecule has 0 aliphatic rings. The van der Waals surface area contributed by atoms with E-state index in [4.69, 9.17) is 4.74 Å². The van der Waals surface area contributed by atoms with Crippen LogP contribution in [0.25, 0.3) is 28.1 Å². The van der Waals surface area contributed by atoms with Crippen molar-refractivity contribution in [3.63, 3.8) is 0 Å². The zero-order valence-electron chi connectivity index (χ0n) is 14.2. The fraction of sp³-hybridized carbons (Fsp3) is 0.158. The van der Waals surface area contributed by atoms with Crippen molar-refractivity contribution in [2.75, 3.05) is 13.2 Å². The summed E-state index contributed by atoms with van der Waals surface area (Å²) >= 11 is 0. The molecular formula is C19H17N5O2. The standard InChI is InChI=1S/C19H17N5O2/c1-2-20-17(25)12-26-18-8-7-13(11-21-18)14-9-10-24-16-6-4-3-5-15(16)23-19(24)22-14/h3-11H,2,12H2,1H3,(H,20,25). The van der Waals surface area contributed by atoms with Crippen LogP contribution in [0, 0.1) is 0 Å². The summed E-state index contributed by atoms with van der Waals surface area (Å²) < 4.78 is 7.32. The Morgan fingerprint density at radius 1 is 1.15 bits per heavy atom. The minimum Gasteiger partial charge on any atom is -0.468 e. The highest BCUT2D eigenvalue weighted by Gasteiger charge is 2.08. The molecule has 130 valence electrons. The van der Waals surface area contributed by atoms with Gasteiger partial charge in [0.25, 0.3) is 5.91 Å². The molecule has 4 rings (SSSR count). The van der Waals surface area contributed by atoms with Crippen molar-refractivity contribution < 1.29 is 9.53 Å². The van der Waals surface area contributed by atoms with Crippen LogP contribution in [0.2, 0.25) is 0 Å². The van der Waals surface area contributed by atoms with Crippen LogP contribution in [0.4, 0.5) is 0 Å². The largest absolute Gasteiger partial charge is 0.468 e. The normalized spacial score (nSPS) is 11.0. The molecule has 3 aromatic heterocycles. The van der Waals surface area contributed by atoms with Crippen LogP contribution in [0.3, 0.4) is 0 Å². The summed E-state index contributed by atoms with van der Waals surface area (Å²) in [6.07, 6.45) is 3.63. The first-order valence-corrected chi connectivity index (χ1v) is 8.34. The zero-order valence-corrected chi connectivity index (χ0v) is 14.2. The lowest BCUT2D eigenvalue weighted by atomic mass is 10.2. The van der Waals surface area contributed by atoms with Crippen LogP contribution >= 0.6 is 0 Å². The van der Waals surface area contributed by atoms with Crippen molar-refractivity contribution in [2.45, 2.75) is 6.92 Å². The summed E-state index contributed by atoms with van der Waals surface area (Å²) in [5, 5.41) is 2.67. The summed E-state index contributed by atoms with van der Waals surface area (Å²) in [5.74, 6) is 0.866. The van der Waals surface area contributed by atoms with E-state index in [2.05, 4.69) is 20.3 Å². The number of nitrogens with zero attached hydrogens (tertiary/aromatic N) is 4. The van der Waals surface area contributed by atoms with E-state index in [1.54, 1.807) is 12.3 Å². The van der Waals surface area contributed by atoms with E-state index in [9.17, 15) is 4.79 Å². The number of ether oxygens (including phenoxy) is 1. The van der Waals surface area contributed by atoms with Crippen LogP contribution in [0.5, 0.6) is 5.88 Å². The Bertz CT molecular complexity index is 1070. The molecule has 0 aliphatic carbocycles. The molecule has 7 heteroatoms. The Hall–Kier alpha value is -3.48. The Labute approximate surface area is 149 Å². The van der Waals surface area contributed by atoms with Gasteiger partial charge in [-0.05, 0) is 31.2 Å². The predicted octanol–water partition coefficient (Wildman–Crippen LogP) is 2.46. The number of imidazole rings is 1. The van der Waals surface area contributed by atoms with Gasteiger partial charge in [-0.15, -0.1) is 0 Å². The van der Waals surface area contributed by atoms with Gasteiger partial charge in [0.15, 0.2) is 6.61 Å². The number of carbonyl (C=O) groups is 1. The molecular weight excluding hydrogens is 330 g/mol. The molecule has 3 heterocycles. The molecule has 0 bridgehead atoms. The van der Waals surface area contributed by atoms with E-state index in [1.165, 1.54) is 0 Å². The first-order valence-electron chi connectivity index (χ1n) is 8.34. The first-order chi connectivity index (χ1) is 12.7. The number of nitrogens with one attached hydrogen (secondary N) is 1. The third-order valence-electron chi connectivity index (χ3n) is 3.94. The minimum atomic E-state index is -0.170. The Morgan fingerprint density at radius 3 is 2.85 bits per heavy atom. The Kier molecular flexibility index (Phi) is 4.18. The van der Waals surface area contributed by atoms with Crippen molar-refractivity contribution in [1.82, 2.24) is 24.7 Å². The summed E-state index contributed by atoms with van der Waals surface area (Å²) in [4.78, 5) is 24.8. The van der Waals surface area contributed by atoms with Gasteiger partial charge in [0, 0.05) is 30.6 Å². The van der Waals surface area contributed by atoms with Crippen molar-refractivity contribution in [3.8, 4) is 17.1 Å². The number of aromatic nitrogens is 4. The van der Waals surface area contributed by atoms with Gasteiger partial charge in [-0.25, -0.2) is 15.0 Å². The number of hydrogen-bond donors (Lipinski definition) is 1. The fourth-order valence-corrected chi connectivity index (χ4v) is 2.71. The third kappa shape index (κ3) is 3.06. The molecule has 0 aliphatic heterocycles. The van der Waals surface area contributed by atoms with Gasteiger partial charge >= 0.3 is 0 Å². The number of benzene rings is 1. The van der Waals surface area contributed by atoms with Crippen molar-refractivity contribution in [1.29, 1.82) is 0 Å². The van der Waals surface area contributed by atoms with E-state index in [-0.39, 0.29) is 12.5 Å². The Balaban J connectivity index is 1.57. The molecule has 1 N–H and O–H groups in total. The van der Waals surface area contributed by atoms with E-state index in [0.29, 0.717) is 18.2 Å². The maximum absolute atomic E-state index is 11.4. The van der Waals surface area contributed by atoms with Crippen LogP contribution in [-0.2, 0) is 4.79 Å². The smallest absolute Gasteiger partial charge is 0.257 e. The molecule has 0 atom stereocenters. The number of fused-ring (bicyclic) bond motifs is 3. The number of hydrogen-bond acceptors (Lipinski definition) is 5. The maximum atomic E-state index is 11.4. The number of likely N-dealkylation sites (N-methyl/N-ethyl adjacent to an activating group) is 1. The lowest BCUT2D eigenvalue weighted by Crippen LogP contribution is -2.28. The molecule has 0 saturated heterocycles. The fourth-order valence-electron chi connectivity index (χ4n) is 2.71. The van der Waals surface area contributed by atoms with Crippen LogP contribution < -0.4 is 10.1 Å². The Morgan fingerprint density at radius 2 is 2.04 bits per heavy atom. The molecule has 26 heavy (non-hydrogen) atoms. The van der Waals surface area contributed by atoms with Crippen molar-refractivity contribution >= 4 is 22.7 Å². The summed E-state index contributed by atoms with van der Waals surface area (Å²) in [6.45, 7) is 2.38. The average Bonchev–Trinajstić information content (AvgIpc) is 3.05. The second kappa shape index (κ2) is 6.79. The van der Waals surface area contributed by atoms with Gasteiger partial charge in [-0.2, -0.15) is 0 Å². The molecule has 1 aromatic carbocycles. The molecule has 4 aromatic rings. The predicted molar refractivity (Wildman–Crippen MR) is 97.9 cm³/mol. The van der Waals surface area contributed by atoms with Crippen LogP contribution in [0.1, 0.15) is 6.92 Å². The topological polar surface area (TPSA) is 81.4 Å². The average molecular weight is 347 g/mol. The van der Waals surface area contributed by atoms with E-state index < -0.39 is 0 Å². The number of carbonyl (C=O) groups excluding carboxylic acids is 1. The molecule has 0 spiro atoms. The molecule has 1 amide bonds. The lowest BCUT2D eigenvalue weighted by Gasteiger charge is -2.06. The zero-order chi connectivity index (χ0) is 17.9. The SMILES string of the molecule is CCNC(=O)COc1ccc(-c2ccn3c(n2)nc2ccccc23)cn1. The van der Waals surface area contributed by atoms with E-state index in [0.717, 1.165) is 22.3 Å². The highest BCUT2D eigenvalue weighted by molar-refractivity contribution is 5.80. The maximum Gasteiger partial charge on any atom is 0.257 e. The monoisotopic (exact) mass is 347 g/mol. The van der Waals surface area contributed by atoms with Crippen LogP contribution in [-0.4, -0.2) is 38.4 Å². The molecule has 7 nitrogen and oxygen atoms in total. The lowest BCUT2D eigenvalue weighted by molar-refractivity contribution is -0.123. The van der Waals surface area contributed by atoms with Gasteiger partial charge in [0.05, 0.1) is 16.7 Å². The highest BCUT2D eigenvalue weighted by Crippen LogP contribution is 2.21. The highest BCUT2D eigenvalue weighted by atomic mass is 16.5. The number of pyridine rings is 1. The molecule has 0 radical (unpaired) electrons. The van der Waals surface area contributed by atoms with Crippen molar-refractivity contribution in [3.05, 3.63) is 54.9 Å². The van der Waals surface area contributed by atoms with Crippen molar-refractivity contribution in [2.24, 2.45) is 0 Å². The van der Waals surface area contributed by atoms with Gasteiger partial charge in [0.2, 0.25) is 11.7 Å². The van der Waals surface area contributed by atoms with E-state index in [1.807, 2.05) is 53.9 Å². The quantitative estimate of drug-likeness (QED) is 0.600. The minimum absolute atomic E-state index is 0.0505. The number of rotatable bonds is 5. The van der Waals surface area contributed by atoms with Gasteiger partial charge < -0.3 is 10.1 Å². The van der Waals surface area contributed by atoms with Gasteiger partial charge in [-0.1, -0.05) is 12.1 Å². The number of amides is 1. The third-order valence-corrected chi connectivity index (χ3v) is 3.94. The first kappa shape index (κ1) is 16.0. The summed E-state index contributed by atoms with van der Waals surface area (Å²) in [5.41, 5.74) is 3.55. The second-order valence-corrected chi connectivity index (χ2v) is 5.71.